The van der Waals surface area contributed by atoms with Crippen LogP contribution in [-0.2, 0) is 4.74 Å². The number of methoxy groups -OCH3 is 1. The lowest BCUT2D eigenvalue weighted by Crippen LogP contribution is -2.23. The minimum atomic E-state index is 0.143. The van der Waals surface area contributed by atoms with E-state index in [0.717, 1.165) is 24.0 Å². The summed E-state index contributed by atoms with van der Waals surface area (Å²) in [4.78, 5) is 0. The monoisotopic (exact) mass is 271 g/mol. The van der Waals surface area contributed by atoms with Crippen molar-refractivity contribution in [3.63, 3.8) is 0 Å². The first-order valence-electron chi connectivity index (χ1n) is 5.27. The molecule has 0 saturated carbocycles. The molecular formula is C12H18BrNO. The molecule has 0 radical (unpaired) electrons. The Bertz CT molecular complexity index is 273. The molecule has 0 amide bonds. The van der Waals surface area contributed by atoms with Crippen molar-refractivity contribution in [1.82, 2.24) is 5.32 Å². The van der Waals surface area contributed by atoms with Crippen molar-refractivity contribution < 1.29 is 4.74 Å². The third-order valence-corrected chi connectivity index (χ3v) is 2.81. The zero-order chi connectivity index (χ0) is 11.1. The van der Waals surface area contributed by atoms with Crippen molar-refractivity contribution in [3.8, 4) is 0 Å². The molecule has 1 N–H and O–H groups in total. The van der Waals surface area contributed by atoms with E-state index in [4.69, 9.17) is 4.74 Å². The molecule has 0 bridgehead atoms. The van der Waals surface area contributed by atoms with E-state index in [9.17, 15) is 0 Å². The predicted molar refractivity (Wildman–Crippen MR) is 67.1 cm³/mol. The zero-order valence-electron chi connectivity index (χ0n) is 9.29. The highest BCUT2D eigenvalue weighted by molar-refractivity contribution is 9.10. The van der Waals surface area contributed by atoms with E-state index < -0.39 is 0 Å². The standard InChI is InChI=1S/C12H18BrNO/c1-3-8-14-9-12(15-2)10-4-6-11(13)7-5-10/h4-7,12,14H,3,8-9H2,1-2H3. The first-order valence-corrected chi connectivity index (χ1v) is 6.06. The number of hydrogen-bond donors (Lipinski definition) is 1. The SMILES string of the molecule is CCCNCC(OC)c1ccc(Br)cc1. The van der Waals surface area contributed by atoms with Crippen LogP contribution in [0.3, 0.4) is 0 Å². The fourth-order valence-corrected chi connectivity index (χ4v) is 1.69. The summed E-state index contributed by atoms with van der Waals surface area (Å²) in [7, 11) is 1.75. The van der Waals surface area contributed by atoms with Crippen molar-refractivity contribution >= 4 is 15.9 Å². The molecule has 0 spiro atoms. The van der Waals surface area contributed by atoms with Crippen LogP contribution < -0.4 is 5.32 Å². The van der Waals surface area contributed by atoms with Gasteiger partial charge in [-0.25, -0.2) is 0 Å². The molecule has 1 rings (SSSR count). The van der Waals surface area contributed by atoms with Gasteiger partial charge in [-0.2, -0.15) is 0 Å². The molecular weight excluding hydrogens is 254 g/mol. The van der Waals surface area contributed by atoms with Gasteiger partial charge in [0.2, 0.25) is 0 Å². The molecule has 3 heteroatoms. The number of hydrogen-bond acceptors (Lipinski definition) is 2. The lowest BCUT2D eigenvalue weighted by atomic mass is 10.1. The highest BCUT2D eigenvalue weighted by Gasteiger charge is 2.08. The van der Waals surface area contributed by atoms with Crippen LogP contribution in [0.5, 0.6) is 0 Å². The Labute approximate surface area is 100 Å². The van der Waals surface area contributed by atoms with Gasteiger partial charge in [0, 0.05) is 18.1 Å². The van der Waals surface area contributed by atoms with Gasteiger partial charge in [-0.3, -0.25) is 0 Å². The number of benzene rings is 1. The topological polar surface area (TPSA) is 21.3 Å². The Morgan fingerprint density at radius 3 is 2.53 bits per heavy atom. The smallest absolute Gasteiger partial charge is 0.0945 e. The van der Waals surface area contributed by atoms with Crippen LogP contribution in [0.25, 0.3) is 0 Å². The second kappa shape index (κ2) is 6.99. The highest BCUT2D eigenvalue weighted by atomic mass is 79.9. The summed E-state index contributed by atoms with van der Waals surface area (Å²) in [6.07, 6.45) is 1.29. The molecule has 1 unspecified atom stereocenters. The summed E-state index contributed by atoms with van der Waals surface area (Å²) in [6.45, 7) is 4.07. The van der Waals surface area contributed by atoms with Crippen LogP contribution in [0.15, 0.2) is 28.7 Å². The van der Waals surface area contributed by atoms with Crippen LogP contribution >= 0.6 is 15.9 Å². The van der Waals surface area contributed by atoms with Crippen LogP contribution in [0, 0.1) is 0 Å². The van der Waals surface area contributed by atoms with E-state index in [-0.39, 0.29) is 6.10 Å². The van der Waals surface area contributed by atoms with Crippen LogP contribution in [0.1, 0.15) is 25.0 Å². The molecule has 1 aromatic carbocycles. The van der Waals surface area contributed by atoms with Crippen molar-refractivity contribution in [1.29, 1.82) is 0 Å². The first kappa shape index (κ1) is 12.7. The molecule has 0 aliphatic rings. The zero-order valence-corrected chi connectivity index (χ0v) is 10.9. The number of halogens is 1. The summed E-state index contributed by atoms with van der Waals surface area (Å²) in [6, 6.07) is 8.26. The van der Waals surface area contributed by atoms with Gasteiger partial charge in [-0.15, -0.1) is 0 Å². The Morgan fingerprint density at radius 1 is 1.33 bits per heavy atom. The second-order valence-electron chi connectivity index (χ2n) is 3.48. The summed E-state index contributed by atoms with van der Waals surface area (Å²) >= 11 is 3.42. The summed E-state index contributed by atoms with van der Waals surface area (Å²) in [5, 5.41) is 3.36. The molecule has 1 atom stereocenters. The van der Waals surface area contributed by atoms with Crippen molar-refractivity contribution in [2.24, 2.45) is 0 Å². The molecule has 15 heavy (non-hydrogen) atoms. The Balaban J connectivity index is 2.53. The highest BCUT2D eigenvalue weighted by Crippen LogP contribution is 2.18. The number of rotatable bonds is 6. The lowest BCUT2D eigenvalue weighted by molar-refractivity contribution is 0.102. The fraction of sp³-hybridized carbons (Fsp3) is 0.500. The van der Waals surface area contributed by atoms with E-state index in [0.29, 0.717) is 0 Å². The van der Waals surface area contributed by atoms with Crippen LogP contribution in [0.2, 0.25) is 0 Å². The average molecular weight is 272 g/mol. The molecule has 2 nitrogen and oxygen atoms in total. The van der Waals surface area contributed by atoms with E-state index in [1.54, 1.807) is 7.11 Å². The van der Waals surface area contributed by atoms with Crippen molar-refractivity contribution in [3.05, 3.63) is 34.3 Å². The van der Waals surface area contributed by atoms with E-state index in [1.807, 2.05) is 12.1 Å². The third kappa shape index (κ3) is 4.33. The van der Waals surface area contributed by atoms with Gasteiger partial charge in [0.15, 0.2) is 0 Å². The quantitative estimate of drug-likeness (QED) is 0.803. The van der Waals surface area contributed by atoms with E-state index in [2.05, 4.69) is 40.3 Å². The maximum Gasteiger partial charge on any atom is 0.0945 e. The molecule has 84 valence electrons. The number of ether oxygens (including phenoxy) is 1. The summed E-state index contributed by atoms with van der Waals surface area (Å²) < 4.78 is 6.54. The fourth-order valence-electron chi connectivity index (χ4n) is 1.42. The van der Waals surface area contributed by atoms with Gasteiger partial charge in [-0.1, -0.05) is 35.0 Å². The van der Waals surface area contributed by atoms with Gasteiger partial charge in [0.25, 0.3) is 0 Å². The summed E-state index contributed by atoms with van der Waals surface area (Å²) in [5.41, 5.74) is 1.21. The minimum Gasteiger partial charge on any atom is -0.375 e. The van der Waals surface area contributed by atoms with E-state index in [1.165, 1.54) is 5.56 Å². The summed E-state index contributed by atoms with van der Waals surface area (Å²) in [5.74, 6) is 0. The minimum absolute atomic E-state index is 0.143. The molecule has 0 aliphatic carbocycles. The van der Waals surface area contributed by atoms with Gasteiger partial charge in [0.05, 0.1) is 6.10 Å². The average Bonchev–Trinajstić information content (AvgIpc) is 2.26. The van der Waals surface area contributed by atoms with Crippen LogP contribution in [0.4, 0.5) is 0 Å². The number of nitrogens with one attached hydrogen (secondary N) is 1. The van der Waals surface area contributed by atoms with Crippen molar-refractivity contribution in [2.75, 3.05) is 20.2 Å². The van der Waals surface area contributed by atoms with Gasteiger partial charge >= 0.3 is 0 Å². The second-order valence-corrected chi connectivity index (χ2v) is 4.40. The molecule has 0 heterocycles. The third-order valence-electron chi connectivity index (χ3n) is 2.28. The Morgan fingerprint density at radius 2 is 2.00 bits per heavy atom. The van der Waals surface area contributed by atoms with Crippen molar-refractivity contribution in [2.45, 2.75) is 19.4 Å². The molecule has 0 aromatic heterocycles. The van der Waals surface area contributed by atoms with Gasteiger partial charge in [0.1, 0.15) is 0 Å². The lowest BCUT2D eigenvalue weighted by Gasteiger charge is -2.16. The molecule has 1 aromatic rings. The maximum atomic E-state index is 5.44. The van der Waals surface area contributed by atoms with Crippen LogP contribution in [-0.4, -0.2) is 20.2 Å². The molecule has 0 saturated heterocycles. The van der Waals surface area contributed by atoms with E-state index >= 15 is 0 Å². The molecule has 0 fully saturated rings. The first-order chi connectivity index (χ1) is 7.27. The van der Waals surface area contributed by atoms with Gasteiger partial charge < -0.3 is 10.1 Å². The predicted octanol–water partition coefficient (Wildman–Crippen LogP) is 3.14. The maximum absolute atomic E-state index is 5.44. The Hall–Kier alpha value is -0.380. The molecule has 0 aliphatic heterocycles. The normalized spacial score (nSPS) is 12.7. The largest absolute Gasteiger partial charge is 0.375 e. The van der Waals surface area contributed by atoms with Gasteiger partial charge in [-0.05, 0) is 30.7 Å². The Kier molecular flexibility index (Phi) is 5.91.